The molecule has 3 rings (SSSR count). The molecule has 1 fully saturated rings. The van der Waals surface area contributed by atoms with Crippen molar-refractivity contribution >= 4 is 23.2 Å². The van der Waals surface area contributed by atoms with Crippen LogP contribution in [0.25, 0.3) is 0 Å². The van der Waals surface area contributed by atoms with E-state index in [4.69, 9.17) is 4.74 Å². The van der Waals surface area contributed by atoms with Crippen LogP contribution >= 0.6 is 11.3 Å². The van der Waals surface area contributed by atoms with E-state index < -0.39 is 11.5 Å². The number of carbonyl (C=O) groups excluding carboxylic acids is 1. The summed E-state index contributed by atoms with van der Waals surface area (Å²) in [7, 11) is 0. The van der Waals surface area contributed by atoms with Gasteiger partial charge in [0, 0.05) is 43.2 Å². The first-order valence-corrected chi connectivity index (χ1v) is 8.54. The van der Waals surface area contributed by atoms with E-state index in [0.29, 0.717) is 37.2 Å². The molecule has 7 heteroatoms. The second-order valence-corrected chi connectivity index (χ2v) is 6.66. The standard InChI is InChI=1S/C17H18N2O4S/c1-11-12(3-2-4-13(11)15(21)22)14(20)19-17(5-8-23-9-6-17)16-18-7-10-24-16/h2-4,7,10H,5-6,8-9H2,1H3,(H,19,20)(H,21,22). The zero-order valence-electron chi connectivity index (χ0n) is 13.2. The van der Waals surface area contributed by atoms with E-state index in [2.05, 4.69) is 10.3 Å². The zero-order valence-corrected chi connectivity index (χ0v) is 14.1. The second-order valence-electron chi connectivity index (χ2n) is 5.77. The number of benzene rings is 1. The first-order chi connectivity index (χ1) is 11.5. The fourth-order valence-corrected chi connectivity index (χ4v) is 3.82. The van der Waals surface area contributed by atoms with E-state index in [1.807, 2.05) is 5.38 Å². The van der Waals surface area contributed by atoms with Gasteiger partial charge in [-0.25, -0.2) is 9.78 Å². The summed E-state index contributed by atoms with van der Waals surface area (Å²) in [6.07, 6.45) is 3.01. The largest absolute Gasteiger partial charge is 0.478 e. The zero-order chi connectivity index (χ0) is 17.2. The van der Waals surface area contributed by atoms with Crippen LogP contribution in [-0.2, 0) is 10.3 Å². The molecule has 0 spiro atoms. The van der Waals surface area contributed by atoms with Crippen LogP contribution in [0.15, 0.2) is 29.8 Å². The van der Waals surface area contributed by atoms with Crippen LogP contribution in [0.3, 0.4) is 0 Å². The van der Waals surface area contributed by atoms with Gasteiger partial charge in [0.1, 0.15) is 5.01 Å². The number of thiazole rings is 1. The van der Waals surface area contributed by atoms with Crippen molar-refractivity contribution in [3.8, 4) is 0 Å². The number of carboxylic acids is 1. The van der Waals surface area contributed by atoms with Crippen molar-refractivity contribution in [2.24, 2.45) is 0 Å². The van der Waals surface area contributed by atoms with Gasteiger partial charge in [-0.05, 0) is 24.6 Å². The second kappa shape index (κ2) is 6.70. The number of carboxylic acid groups (broad SMARTS) is 1. The Morgan fingerprint density at radius 3 is 2.62 bits per heavy atom. The number of carbonyl (C=O) groups is 2. The first kappa shape index (κ1) is 16.6. The Morgan fingerprint density at radius 1 is 1.29 bits per heavy atom. The van der Waals surface area contributed by atoms with Gasteiger partial charge in [-0.15, -0.1) is 11.3 Å². The number of aromatic carboxylic acids is 1. The van der Waals surface area contributed by atoms with Gasteiger partial charge >= 0.3 is 5.97 Å². The van der Waals surface area contributed by atoms with E-state index in [0.717, 1.165) is 5.01 Å². The van der Waals surface area contributed by atoms with E-state index in [1.54, 1.807) is 25.3 Å². The van der Waals surface area contributed by atoms with Gasteiger partial charge in [0.25, 0.3) is 5.91 Å². The lowest BCUT2D eigenvalue weighted by molar-refractivity contribution is 0.0344. The highest BCUT2D eigenvalue weighted by Gasteiger charge is 2.38. The Labute approximate surface area is 143 Å². The van der Waals surface area contributed by atoms with E-state index in [9.17, 15) is 14.7 Å². The van der Waals surface area contributed by atoms with Gasteiger partial charge in [0.2, 0.25) is 0 Å². The smallest absolute Gasteiger partial charge is 0.335 e. The van der Waals surface area contributed by atoms with Crippen LogP contribution < -0.4 is 5.32 Å². The lowest BCUT2D eigenvalue weighted by Crippen LogP contribution is -2.49. The number of nitrogens with zero attached hydrogens (tertiary/aromatic N) is 1. The van der Waals surface area contributed by atoms with Gasteiger partial charge < -0.3 is 15.2 Å². The monoisotopic (exact) mass is 346 g/mol. The molecule has 6 nitrogen and oxygen atoms in total. The van der Waals surface area contributed by atoms with Crippen molar-refractivity contribution in [1.29, 1.82) is 0 Å². The van der Waals surface area contributed by atoms with Crippen LogP contribution in [0.5, 0.6) is 0 Å². The maximum absolute atomic E-state index is 12.8. The number of rotatable bonds is 4. The molecule has 126 valence electrons. The molecule has 2 N–H and O–H groups in total. The third kappa shape index (κ3) is 3.05. The molecule has 1 aliphatic heterocycles. The molecule has 0 bridgehead atoms. The Balaban J connectivity index is 1.93. The molecule has 0 atom stereocenters. The van der Waals surface area contributed by atoms with Crippen LogP contribution in [0.4, 0.5) is 0 Å². The fourth-order valence-electron chi connectivity index (χ4n) is 2.97. The van der Waals surface area contributed by atoms with E-state index in [-0.39, 0.29) is 11.5 Å². The summed E-state index contributed by atoms with van der Waals surface area (Å²) < 4.78 is 5.43. The predicted octanol–water partition coefficient (Wildman–Crippen LogP) is 2.59. The van der Waals surface area contributed by atoms with E-state index in [1.165, 1.54) is 17.4 Å². The SMILES string of the molecule is Cc1c(C(=O)O)cccc1C(=O)NC1(c2nccs2)CCOCC1. The molecule has 1 saturated heterocycles. The minimum absolute atomic E-state index is 0.137. The minimum Gasteiger partial charge on any atom is -0.478 e. The van der Waals surface area contributed by atoms with Gasteiger partial charge in [0.05, 0.1) is 11.1 Å². The maximum atomic E-state index is 12.8. The summed E-state index contributed by atoms with van der Waals surface area (Å²) in [5.74, 6) is -1.32. The Bertz CT molecular complexity index is 752. The summed E-state index contributed by atoms with van der Waals surface area (Å²) in [5.41, 5.74) is 0.411. The van der Waals surface area contributed by atoms with Crippen molar-refractivity contribution in [1.82, 2.24) is 10.3 Å². The Kier molecular flexibility index (Phi) is 4.64. The average Bonchev–Trinajstić information content (AvgIpc) is 3.10. The molecule has 1 aliphatic rings. The third-order valence-electron chi connectivity index (χ3n) is 4.35. The molecule has 1 amide bonds. The molecule has 24 heavy (non-hydrogen) atoms. The summed E-state index contributed by atoms with van der Waals surface area (Å²) in [6, 6.07) is 4.73. The summed E-state index contributed by atoms with van der Waals surface area (Å²) in [5, 5.41) is 15.1. The number of amides is 1. The molecule has 0 unspecified atom stereocenters. The summed E-state index contributed by atoms with van der Waals surface area (Å²) in [6.45, 7) is 2.75. The Hall–Kier alpha value is -2.25. The molecule has 0 aliphatic carbocycles. The molecular formula is C17H18N2O4S. The molecule has 0 radical (unpaired) electrons. The van der Waals surface area contributed by atoms with Crippen LogP contribution in [0.2, 0.25) is 0 Å². The summed E-state index contributed by atoms with van der Waals surface area (Å²) >= 11 is 1.50. The summed E-state index contributed by atoms with van der Waals surface area (Å²) in [4.78, 5) is 28.5. The van der Waals surface area contributed by atoms with Crippen LogP contribution in [-0.4, -0.2) is 35.2 Å². The first-order valence-electron chi connectivity index (χ1n) is 7.67. The highest BCUT2D eigenvalue weighted by Crippen LogP contribution is 2.34. The quantitative estimate of drug-likeness (QED) is 0.888. The number of hydrogen-bond donors (Lipinski definition) is 2. The minimum atomic E-state index is -1.04. The molecule has 2 aromatic rings. The normalized spacial score (nSPS) is 16.5. The van der Waals surface area contributed by atoms with Crippen molar-refractivity contribution < 1.29 is 19.4 Å². The molecule has 0 saturated carbocycles. The number of aromatic nitrogens is 1. The fraction of sp³-hybridized carbons (Fsp3) is 0.353. The van der Waals surface area contributed by atoms with Crippen molar-refractivity contribution in [3.05, 3.63) is 51.5 Å². The molecule has 2 heterocycles. The van der Waals surface area contributed by atoms with Crippen molar-refractivity contribution in [2.75, 3.05) is 13.2 Å². The van der Waals surface area contributed by atoms with Gasteiger partial charge in [-0.2, -0.15) is 0 Å². The van der Waals surface area contributed by atoms with Crippen molar-refractivity contribution in [3.63, 3.8) is 0 Å². The number of ether oxygens (including phenoxy) is 1. The van der Waals surface area contributed by atoms with Gasteiger partial charge in [-0.3, -0.25) is 4.79 Å². The Morgan fingerprint density at radius 2 is 2.00 bits per heavy atom. The number of hydrogen-bond acceptors (Lipinski definition) is 5. The topological polar surface area (TPSA) is 88.5 Å². The molecule has 1 aromatic carbocycles. The lowest BCUT2D eigenvalue weighted by atomic mass is 9.89. The lowest BCUT2D eigenvalue weighted by Gasteiger charge is -2.36. The predicted molar refractivity (Wildman–Crippen MR) is 89.4 cm³/mol. The van der Waals surface area contributed by atoms with Crippen molar-refractivity contribution in [2.45, 2.75) is 25.3 Å². The highest BCUT2D eigenvalue weighted by atomic mass is 32.1. The third-order valence-corrected chi connectivity index (χ3v) is 5.33. The van der Waals surface area contributed by atoms with Crippen LogP contribution in [0.1, 0.15) is 44.1 Å². The number of nitrogens with one attached hydrogen (secondary N) is 1. The van der Waals surface area contributed by atoms with Gasteiger partial charge in [-0.1, -0.05) is 6.07 Å². The van der Waals surface area contributed by atoms with E-state index >= 15 is 0 Å². The highest BCUT2D eigenvalue weighted by molar-refractivity contribution is 7.09. The average molecular weight is 346 g/mol. The van der Waals surface area contributed by atoms with Crippen LogP contribution in [0, 0.1) is 6.92 Å². The molecular weight excluding hydrogens is 328 g/mol. The molecule has 1 aromatic heterocycles. The maximum Gasteiger partial charge on any atom is 0.335 e. The van der Waals surface area contributed by atoms with Gasteiger partial charge in [0.15, 0.2) is 0 Å².